The highest BCUT2D eigenvalue weighted by atomic mass is 32.1. The first-order chi connectivity index (χ1) is 12.5. The third-order valence-corrected chi connectivity index (χ3v) is 5.77. The van der Waals surface area contributed by atoms with E-state index >= 15 is 0 Å². The number of nitrogens with one attached hydrogen (secondary N) is 1. The van der Waals surface area contributed by atoms with Gasteiger partial charge in [-0.1, -0.05) is 19.1 Å². The first-order valence-corrected chi connectivity index (χ1v) is 9.64. The molecule has 0 unspecified atom stereocenters. The number of carbonyl (C=O) groups excluding carboxylic acids is 2. The van der Waals surface area contributed by atoms with Crippen LogP contribution in [0.4, 0.5) is 5.00 Å². The molecule has 0 spiro atoms. The zero-order chi connectivity index (χ0) is 18.7. The van der Waals surface area contributed by atoms with Crippen LogP contribution in [0, 0.1) is 0 Å². The van der Waals surface area contributed by atoms with Crippen LogP contribution >= 0.6 is 11.3 Å². The van der Waals surface area contributed by atoms with Crippen LogP contribution < -0.4 is 10.1 Å². The monoisotopic (exact) mass is 373 g/mol. The Morgan fingerprint density at radius 1 is 1.23 bits per heavy atom. The smallest absolute Gasteiger partial charge is 0.341 e. The largest absolute Gasteiger partial charge is 0.481 e. The van der Waals surface area contributed by atoms with E-state index in [4.69, 9.17) is 9.47 Å². The van der Waals surface area contributed by atoms with Crippen LogP contribution in [0.1, 0.15) is 46.6 Å². The molecular formula is C20H23NO4S. The van der Waals surface area contributed by atoms with E-state index in [-0.39, 0.29) is 5.91 Å². The number of methoxy groups -OCH3 is 1. The van der Waals surface area contributed by atoms with Crippen LogP contribution in [0.2, 0.25) is 0 Å². The molecule has 0 aliphatic heterocycles. The van der Waals surface area contributed by atoms with Gasteiger partial charge in [0, 0.05) is 4.88 Å². The van der Waals surface area contributed by atoms with Crippen LogP contribution in [0.25, 0.3) is 0 Å². The van der Waals surface area contributed by atoms with Gasteiger partial charge >= 0.3 is 5.97 Å². The van der Waals surface area contributed by atoms with E-state index in [9.17, 15) is 9.59 Å². The number of thiophene rings is 1. The van der Waals surface area contributed by atoms with Crippen LogP contribution in [-0.4, -0.2) is 25.1 Å². The number of hydrogen-bond donors (Lipinski definition) is 1. The Morgan fingerprint density at radius 2 is 1.96 bits per heavy atom. The Hall–Kier alpha value is -2.34. The van der Waals surface area contributed by atoms with Crippen LogP contribution in [0.5, 0.6) is 5.75 Å². The zero-order valence-electron chi connectivity index (χ0n) is 15.3. The molecule has 1 atom stereocenters. The van der Waals surface area contributed by atoms with Crippen LogP contribution in [-0.2, 0) is 28.8 Å². The Bertz CT molecular complexity index is 810. The number of fused-ring (bicyclic) bond motifs is 1. The summed E-state index contributed by atoms with van der Waals surface area (Å²) in [7, 11) is 1.36. The van der Waals surface area contributed by atoms with Gasteiger partial charge in [0.25, 0.3) is 5.91 Å². The highest BCUT2D eigenvalue weighted by molar-refractivity contribution is 7.17. The van der Waals surface area contributed by atoms with E-state index in [1.165, 1.54) is 24.0 Å². The summed E-state index contributed by atoms with van der Waals surface area (Å²) in [4.78, 5) is 25.9. The van der Waals surface area contributed by atoms with Crippen molar-refractivity contribution in [3.63, 3.8) is 0 Å². The second kappa shape index (κ2) is 7.91. The van der Waals surface area contributed by atoms with Gasteiger partial charge in [0.15, 0.2) is 6.10 Å². The van der Waals surface area contributed by atoms with Gasteiger partial charge in [-0.05, 0) is 55.9 Å². The molecule has 0 saturated heterocycles. The number of hydrogen-bond acceptors (Lipinski definition) is 5. The highest BCUT2D eigenvalue weighted by Gasteiger charge is 2.29. The fraction of sp³-hybridized carbons (Fsp3) is 0.400. The maximum absolute atomic E-state index is 12.5. The highest BCUT2D eigenvalue weighted by Crippen LogP contribution is 2.39. The minimum Gasteiger partial charge on any atom is -0.481 e. The van der Waals surface area contributed by atoms with Gasteiger partial charge in [-0.2, -0.15) is 0 Å². The molecule has 0 fully saturated rings. The summed E-state index contributed by atoms with van der Waals surface area (Å²) in [6.45, 7) is 3.78. The van der Waals surface area contributed by atoms with Crippen molar-refractivity contribution in [2.24, 2.45) is 0 Å². The topological polar surface area (TPSA) is 64.6 Å². The molecule has 1 aromatic heterocycles. The first kappa shape index (κ1) is 18.5. The SMILES string of the molecule is CCc1ccc(O[C@@H](C)C(=O)Nc2sc3c(c2C(=O)OC)CCC3)cc1. The summed E-state index contributed by atoms with van der Waals surface area (Å²) in [5.74, 6) is -0.0372. The van der Waals surface area contributed by atoms with E-state index in [1.54, 1.807) is 6.92 Å². The molecule has 5 nitrogen and oxygen atoms in total. The predicted octanol–water partition coefficient (Wildman–Crippen LogP) is 3.99. The van der Waals surface area contributed by atoms with Gasteiger partial charge in [0.2, 0.25) is 0 Å². The lowest BCUT2D eigenvalue weighted by molar-refractivity contribution is -0.122. The second-order valence-corrected chi connectivity index (χ2v) is 7.41. The molecule has 6 heteroatoms. The minimum atomic E-state index is -0.676. The molecule has 138 valence electrons. The summed E-state index contributed by atoms with van der Waals surface area (Å²) >= 11 is 1.46. The Labute approximate surface area is 157 Å². The average molecular weight is 373 g/mol. The number of esters is 1. The zero-order valence-corrected chi connectivity index (χ0v) is 16.1. The Morgan fingerprint density at radius 3 is 2.62 bits per heavy atom. The number of aryl methyl sites for hydroxylation is 2. The summed E-state index contributed by atoms with van der Waals surface area (Å²) in [5, 5.41) is 3.41. The lowest BCUT2D eigenvalue weighted by atomic mass is 10.1. The molecule has 1 N–H and O–H groups in total. The summed E-state index contributed by atoms with van der Waals surface area (Å²) in [5.41, 5.74) is 2.73. The lowest BCUT2D eigenvalue weighted by Crippen LogP contribution is -2.30. The molecule has 1 aromatic carbocycles. The van der Waals surface area contributed by atoms with Gasteiger partial charge in [-0.15, -0.1) is 11.3 Å². The molecule has 1 aliphatic rings. The number of ether oxygens (including phenoxy) is 2. The van der Waals surface area contributed by atoms with Gasteiger partial charge in [-0.25, -0.2) is 4.79 Å². The summed E-state index contributed by atoms with van der Waals surface area (Å²) in [6.07, 6.45) is 3.10. The first-order valence-electron chi connectivity index (χ1n) is 8.82. The molecule has 1 amide bonds. The average Bonchev–Trinajstić information content (AvgIpc) is 3.22. The summed E-state index contributed by atoms with van der Waals surface area (Å²) in [6, 6.07) is 7.70. The maximum atomic E-state index is 12.5. The van der Waals surface area contributed by atoms with Crippen molar-refractivity contribution in [1.82, 2.24) is 0 Å². The fourth-order valence-corrected chi connectivity index (χ4v) is 4.37. The molecule has 0 saturated carbocycles. The van der Waals surface area contributed by atoms with Gasteiger partial charge in [-0.3, -0.25) is 4.79 Å². The van der Waals surface area contributed by atoms with Crippen molar-refractivity contribution in [2.45, 2.75) is 45.6 Å². The molecule has 1 heterocycles. The van der Waals surface area contributed by atoms with Gasteiger partial charge in [0.05, 0.1) is 12.7 Å². The predicted molar refractivity (Wildman–Crippen MR) is 102 cm³/mol. The van der Waals surface area contributed by atoms with Crippen LogP contribution in [0.3, 0.4) is 0 Å². The molecular weight excluding hydrogens is 350 g/mol. The van der Waals surface area contributed by atoms with E-state index in [1.807, 2.05) is 24.3 Å². The van der Waals surface area contributed by atoms with Gasteiger partial charge < -0.3 is 14.8 Å². The molecule has 26 heavy (non-hydrogen) atoms. The van der Waals surface area contributed by atoms with Crippen molar-refractivity contribution in [3.05, 3.63) is 45.8 Å². The number of rotatable bonds is 6. The second-order valence-electron chi connectivity index (χ2n) is 6.30. The van der Waals surface area contributed by atoms with E-state index in [0.29, 0.717) is 16.3 Å². The van der Waals surface area contributed by atoms with E-state index in [2.05, 4.69) is 12.2 Å². The van der Waals surface area contributed by atoms with E-state index in [0.717, 1.165) is 36.1 Å². The third-order valence-electron chi connectivity index (χ3n) is 4.56. The lowest BCUT2D eigenvalue weighted by Gasteiger charge is -2.15. The Balaban J connectivity index is 1.72. The minimum absolute atomic E-state index is 0.283. The van der Waals surface area contributed by atoms with Crippen molar-refractivity contribution < 1.29 is 19.1 Å². The standard InChI is InChI=1S/C20H23NO4S/c1-4-13-8-10-14(11-9-13)25-12(2)18(22)21-19-17(20(23)24-3)15-6-5-7-16(15)26-19/h8-12H,4-7H2,1-3H3,(H,21,22)/t12-/m0/s1. The van der Waals surface area contributed by atoms with Crippen molar-refractivity contribution in [3.8, 4) is 5.75 Å². The number of carbonyl (C=O) groups is 2. The summed E-state index contributed by atoms with van der Waals surface area (Å²) < 4.78 is 10.6. The Kier molecular flexibility index (Phi) is 5.61. The molecule has 3 rings (SSSR count). The normalized spacial score (nSPS) is 13.8. The number of amides is 1. The van der Waals surface area contributed by atoms with Crippen molar-refractivity contribution >= 4 is 28.2 Å². The van der Waals surface area contributed by atoms with Crippen LogP contribution in [0.15, 0.2) is 24.3 Å². The molecule has 0 bridgehead atoms. The van der Waals surface area contributed by atoms with Gasteiger partial charge in [0.1, 0.15) is 10.8 Å². The van der Waals surface area contributed by atoms with E-state index < -0.39 is 12.1 Å². The number of anilines is 1. The maximum Gasteiger partial charge on any atom is 0.341 e. The van der Waals surface area contributed by atoms with Crippen molar-refractivity contribution in [1.29, 1.82) is 0 Å². The fourth-order valence-electron chi connectivity index (χ4n) is 3.09. The number of benzene rings is 1. The molecule has 0 radical (unpaired) electrons. The molecule has 1 aliphatic carbocycles. The molecule has 2 aromatic rings. The quantitative estimate of drug-likeness (QED) is 0.778. The van der Waals surface area contributed by atoms with Crippen molar-refractivity contribution in [2.75, 3.05) is 12.4 Å². The third kappa shape index (κ3) is 3.75.